The maximum atomic E-state index is 9.23. The van der Waals surface area contributed by atoms with E-state index in [0.29, 0.717) is 0 Å². The summed E-state index contributed by atoms with van der Waals surface area (Å²) in [7, 11) is 1.96. The molecule has 0 amide bonds. The first-order valence-electron chi connectivity index (χ1n) is 5.02. The van der Waals surface area contributed by atoms with Crippen LogP contribution in [-0.4, -0.2) is 12.6 Å². The Balaban J connectivity index is 2.66. The summed E-state index contributed by atoms with van der Waals surface area (Å²) in [6, 6.07) is 10.5. The lowest BCUT2D eigenvalue weighted by Gasteiger charge is -2.38. The highest BCUT2D eigenvalue weighted by Crippen LogP contribution is 2.37. The number of nitriles is 1. The number of benzene rings is 1. The Morgan fingerprint density at radius 3 is 2.67 bits per heavy atom. The van der Waals surface area contributed by atoms with Crippen molar-refractivity contribution in [2.75, 3.05) is 11.9 Å². The third kappa shape index (κ3) is 1.32. The monoisotopic (exact) mass is 198 g/mol. The van der Waals surface area contributed by atoms with E-state index in [1.54, 1.807) is 0 Å². The second kappa shape index (κ2) is 3.13. The molecule has 1 unspecified atom stereocenters. The molecule has 1 aliphatic rings. The fraction of sp³-hybridized carbons (Fsp3) is 0.308. The summed E-state index contributed by atoms with van der Waals surface area (Å²) < 4.78 is 0. The number of allylic oxidation sites excluding steroid dienone is 1. The van der Waals surface area contributed by atoms with Gasteiger partial charge in [0.05, 0.1) is 6.07 Å². The maximum Gasteiger partial charge on any atom is 0.144 e. The Hall–Kier alpha value is -1.75. The van der Waals surface area contributed by atoms with Crippen LogP contribution >= 0.6 is 0 Å². The third-order valence-corrected chi connectivity index (χ3v) is 3.11. The zero-order valence-corrected chi connectivity index (χ0v) is 9.28. The number of fused-ring (bicyclic) bond motifs is 1. The summed E-state index contributed by atoms with van der Waals surface area (Å²) in [5, 5.41) is 9.23. The highest BCUT2D eigenvalue weighted by molar-refractivity contribution is 5.81. The molecule has 0 aliphatic carbocycles. The second-order valence-electron chi connectivity index (χ2n) is 4.16. The van der Waals surface area contributed by atoms with Gasteiger partial charge in [0.25, 0.3) is 0 Å². The van der Waals surface area contributed by atoms with Crippen molar-refractivity contribution in [2.24, 2.45) is 0 Å². The molecular formula is C13H14N2. The number of hydrogen-bond donors (Lipinski definition) is 0. The molecular weight excluding hydrogens is 184 g/mol. The number of likely N-dealkylation sites (N-methyl/N-ethyl adjacent to an activating group) is 1. The minimum Gasteiger partial charge on any atom is -0.353 e. The fourth-order valence-electron chi connectivity index (χ4n) is 2.05. The standard InChI is InChI=1S/C13H14N2/c1-10-8-13(2,9-14)15(3)12-7-5-4-6-11(10)12/h4-8H,1-3H3. The first kappa shape index (κ1) is 9.79. The largest absolute Gasteiger partial charge is 0.353 e. The van der Waals surface area contributed by atoms with Gasteiger partial charge in [-0.3, -0.25) is 0 Å². The Bertz CT molecular complexity index is 468. The normalized spacial score (nSPS) is 24.1. The highest BCUT2D eigenvalue weighted by atomic mass is 15.2. The Morgan fingerprint density at radius 1 is 1.33 bits per heavy atom. The lowest BCUT2D eigenvalue weighted by Crippen LogP contribution is -2.43. The smallest absolute Gasteiger partial charge is 0.144 e. The molecule has 76 valence electrons. The van der Waals surface area contributed by atoms with Gasteiger partial charge in [-0.25, -0.2) is 0 Å². The minimum absolute atomic E-state index is 0.529. The maximum absolute atomic E-state index is 9.23. The zero-order valence-electron chi connectivity index (χ0n) is 9.28. The molecule has 0 radical (unpaired) electrons. The Labute approximate surface area is 90.4 Å². The van der Waals surface area contributed by atoms with Gasteiger partial charge in [-0.05, 0) is 31.6 Å². The van der Waals surface area contributed by atoms with E-state index in [-0.39, 0.29) is 0 Å². The summed E-state index contributed by atoms with van der Waals surface area (Å²) >= 11 is 0. The van der Waals surface area contributed by atoms with Crippen LogP contribution in [-0.2, 0) is 0 Å². The van der Waals surface area contributed by atoms with Crippen molar-refractivity contribution in [1.82, 2.24) is 0 Å². The van der Waals surface area contributed by atoms with Crippen molar-refractivity contribution in [1.29, 1.82) is 5.26 Å². The summed E-state index contributed by atoms with van der Waals surface area (Å²) in [4.78, 5) is 2.02. The van der Waals surface area contributed by atoms with Gasteiger partial charge in [0.2, 0.25) is 0 Å². The van der Waals surface area contributed by atoms with Crippen LogP contribution in [0.5, 0.6) is 0 Å². The number of hydrogen-bond acceptors (Lipinski definition) is 2. The van der Waals surface area contributed by atoms with Crippen molar-refractivity contribution >= 4 is 11.3 Å². The molecule has 1 heterocycles. The zero-order chi connectivity index (χ0) is 11.1. The van der Waals surface area contributed by atoms with Crippen molar-refractivity contribution in [2.45, 2.75) is 19.4 Å². The molecule has 0 aromatic heterocycles. The first-order chi connectivity index (χ1) is 7.08. The minimum atomic E-state index is -0.529. The summed E-state index contributed by atoms with van der Waals surface area (Å²) in [6.45, 7) is 3.99. The van der Waals surface area contributed by atoms with E-state index in [9.17, 15) is 5.26 Å². The molecule has 0 spiro atoms. The first-order valence-corrected chi connectivity index (χ1v) is 5.02. The molecule has 15 heavy (non-hydrogen) atoms. The van der Waals surface area contributed by atoms with Crippen LogP contribution in [0.3, 0.4) is 0 Å². The van der Waals surface area contributed by atoms with E-state index in [1.807, 2.05) is 37.1 Å². The molecule has 0 fully saturated rings. The van der Waals surface area contributed by atoms with E-state index in [2.05, 4.69) is 25.1 Å². The average molecular weight is 198 g/mol. The van der Waals surface area contributed by atoms with Gasteiger partial charge in [0.1, 0.15) is 5.54 Å². The summed E-state index contributed by atoms with van der Waals surface area (Å²) in [6.07, 6.45) is 2.02. The van der Waals surface area contributed by atoms with Crippen LogP contribution in [0.1, 0.15) is 19.4 Å². The number of nitrogens with zero attached hydrogens (tertiary/aromatic N) is 2. The topological polar surface area (TPSA) is 27.0 Å². The Kier molecular flexibility index (Phi) is 2.04. The summed E-state index contributed by atoms with van der Waals surface area (Å²) in [5.74, 6) is 0. The molecule has 0 saturated heterocycles. The van der Waals surface area contributed by atoms with Crippen LogP contribution in [0.15, 0.2) is 30.3 Å². The number of para-hydroxylation sites is 1. The number of anilines is 1. The van der Waals surface area contributed by atoms with Gasteiger partial charge in [-0.1, -0.05) is 18.2 Å². The van der Waals surface area contributed by atoms with E-state index < -0.39 is 5.54 Å². The summed E-state index contributed by atoms with van der Waals surface area (Å²) in [5.41, 5.74) is 2.99. The molecule has 0 N–H and O–H groups in total. The van der Waals surface area contributed by atoms with E-state index in [0.717, 1.165) is 5.69 Å². The highest BCUT2D eigenvalue weighted by Gasteiger charge is 2.32. The molecule has 1 atom stereocenters. The molecule has 1 aliphatic heterocycles. The van der Waals surface area contributed by atoms with E-state index in [1.165, 1.54) is 11.1 Å². The molecule has 0 saturated carbocycles. The predicted octanol–water partition coefficient (Wildman–Crippen LogP) is 2.82. The molecule has 2 rings (SSSR count). The van der Waals surface area contributed by atoms with Crippen LogP contribution in [0.4, 0.5) is 5.69 Å². The van der Waals surface area contributed by atoms with Gasteiger partial charge in [0, 0.05) is 18.3 Å². The van der Waals surface area contributed by atoms with Gasteiger partial charge in [-0.15, -0.1) is 0 Å². The number of rotatable bonds is 0. The molecule has 0 bridgehead atoms. The lowest BCUT2D eigenvalue weighted by molar-refractivity contribution is 0.678. The van der Waals surface area contributed by atoms with Crippen molar-refractivity contribution < 1.29 is 0 Å². The third-order valence-electron chi connectivity index (χ3n) is 3.11. The molecule has 1 aromatic rings. The van der Waals surface area contributed by atoms with Gasteiger partial charge >= 0.3 is 0 Å². The van der Waals surface area contributed by atoms with E-state index >= 15 is 0 Å². The lowest BCUT2D eigenvalue weighted by atomic mass is 9.89. The van der Waals surface area contributed by atoms with Gasteiger partial charge < -0.3 is 4.90 Å². The van der Waals surface area contributed by atoms with Gasteiger partial charge in [0.15, 0.2) is 0 Å². The predicted molar refractivity (Wildman–Crippen MR) is 62.5 cm³/mol. The Morgan fingerprint density at radius 2 is 2.00 bits per heavy atom. The van der Waals surface area contributed by atoms with Crippen molar-refractivity contribution in [3.8, 4) is 6.07 Å². The second-order valence-corrected chi connectivity index (χ2v) is 4.16. The fourth-order valence-corrected chi connectivity index (χ4v) is 2.05. The van der Waals surface area contributed by atoms with Crippen LogP contribution in [0, 0.1) is 11.3 Å². The van der Waals surface area contributed by atoms with Crippen LogP contribution in [0.2, 0.25) is 0 Å². The van der Waals surface area contributed by atoms with Crippen molar-refractivity contribution in [3.05, 3.63) is 35.9 Å². The van der Waals surface area contributed by atoms with Crippen LogP contribution in [0.25, 0.3) is 5.57 Å². The van der Waals surface area contributed by atoms with Gasteiger partial charge in [-0.2, -0.15) is 5.26 Å². The average Bonchev–Trinajstić information content (AvgIpc) is 2.26. The quantitative estimate of drug-likeness (QED) is 0.641. The SMILES string of the molecule is CC1=CC(C)(C#N)N(C)c2ccccc21. The van der Waals surface area contributed by atoms with E-state index in [4.69, 9.17) is 0 Å². The molecule has 1 aromatic carbocycles. The molecule has 2 heteroatoms. The van der Waals surface area contributed by atoms with Crippen molar-refractivity contribution in [3.63, 3.8) is 0 Å². The van der Waals surface area contributed by atoms with Crippen LogP contribution < -0.4 is 4.90 Å². The molecule has 2 nitrogen and oxygen atoms in total.